The third-order valence-corrected chi connectivity index (χ3v) is 4.59. The highest BCUT2D eigenvalue weighted by Crippen LogP contribution is 2.37. The predicted octanol–water partition coefficient (Wildman–Crippen LogP) is 4.64. The summed E-state index contributed by atoms with van der Waals surface area (Å²) >= 11 is 0. The van der Waals surface area contributed by atoms with Crippen LogP contribution in [-0.4, -0.2) is 19.8 Å². The van der Waals surface area contributed by atoms with Crippen molar-refractivity contribution in [2.75, 3.05) is 0 Å². The van der Waals surface area contributed by atoms with Gasteiger partial charge in [0.25, 0.3) is 5.89 Å². The number of phenolic OH excluding ortho intramolecular Hbond substituents is 1. The van der Waals surface area contributed by atoms with E-state index in [1.54, 1.807) is 29.7 Å². The van der Waals surface area contributed by atoms with Gasteiger partial charge in [0.2, 0.25) is 0 Å². The van der Waals surface area contributed by atoms with E-state index >= 15 is 0 Å². The lowest BCUT2D eigenvalue weighted by Gasteiger charge is -2.11. The molecule has 0 amide bonds. The van der Waals surface area contributed by atoms with Gasteiger partial charge in [-0.15, -0.1) is 0 Å². The average molecular weight is 398 g/mol. The van der Waals surface area contributed by atoms with Crippen molar-refractivity contribution in [3.05, 3.63) is 65.1 Å². The van der Waals surface area contributed by atoms with Crippen LogP contribution in [0.15, 0.2) is 47.1 Å². The van der Waals surface area contributed by atoms with Crippen LogP contribution in [0.4, 0.5) is 13.2 Å². The van der Waals surface area contributed by atoms with E-state index in [1.807, 2.05) is 0 Å². The molecular weight excluding hydrogens is 385 g/mol. The number of fused-ring (bicyclic) bond motifs is 1. The second-order valence-electron chi connectivity index (χ2n) is 6.49. The second-order valence-corrected chi connectivity index (χ2v) is 6.49. The molecule has 2 heterocycles. The maximum Gasteiger partial charge on any atom is 0.418 e. The van der Waals surface area contributed by atoms with E-state index < -0.39 is 17.3 Å². The molecule has 0 aliphatic carbocycles. The highest BCUT2D eigenvalue weighted by molar-refractivity contribution is 5.86. The van der Waals surface area contributed by atoms with Crippen LogP contribution < -0.4 is 0 Å². The molecule has 4 aromatic rings. The van der Waals surface area contributed by atoms with E-state index in [1.165, 1.54) is 24.4 Å². The molecule has 0 saturated carbocycles. The summed E-state index contributed by atoms with van der Waals surface area (Å²) in [4.78, 5) is 4.25. The Labute approximate surface area is 162 Å². The van der Waals surface area contributed by atoms with Gasteiger partial charge in [0.15, 0.2) is 5.82 Å². The van der Waals surface area contributed by atoms with Crippen molar-refractivity contribution in [2.24, 2.45) is 0 Å². The fraction of sp³-hybridized carbons (Fsp3) is 0.150. The molecule has 0 bridgehead atoms. The highest BCUT2D eigenvalue weighted by atomic mass is 19.4. The second kappa shape index (κ2) is 6.67. The summed E-state index contributed by atoms with van der Waals surface area (Å²) in [5, 5.41) is 22.6. The third kappa shape index (κ3) is 3.29. The fourth-order valence-corrected chi connectivity index (χ4v) is 3.14. The third-order valence-electron chi connectivity index (χ3n) is 4.59. The number of benzene rings is 2. The number of nitriles is 1. The lowest BCUT2D eigenvalue weighted by Crippen LogP contribution is -2.09. The SMILES string of the molecule is Cc1ccc(-c2nc(Cn3ccc4c(C(F)(F)F)c(C#N)ccc43)no2)cc1O. The highest BCUT2D eigenvalue weighted by Gasteiger charge is 2.36. The van der Waals surface area contributed by atoms with Crippen molar-refractivity contribution in [2.45, 2.75) is 19.6 Å². The molecule has 0 saturated heterocycles. The van der Waals surface area contributed by atoms with Crippen LogP contribution in [-0.2, 0) is 12.7 Å². The fourth-order valence-electron chi connectivity index (χ4n) is 3.14. The van der Waals surface area contributed by atoms with E-state index in [2.05, 4.69) is 10.1 Å². The molecule has 1 N–H and O–H groups in total. The van der Waals surface area contributed by atoms with Gasteiger partial charge in [-0.3, -0.25) is 0 Å². The van der Waals surface area contributed by atoms with E-state index in [0.717, 1.165) is 6.07 Å². The quantitative estimate of drug-likeness (QED) is 0.543. The van der Waals surface area contributed by atoms with Gasteiger partial charge < -0.3 is 14.2 Å². The van der Waals surface area contributed by atoms with Gasteiger partial charge in [-0.05, 0) is 42.8 Å². The van der Waals surface area contributed by atoms with Gasteiger partial charge in [-0.2, -0.15) is 23.4 Å². The first-order valence-electron chi connectivity index (χ1n) is 8.49. The molecule has 6 nitrogen and oxygen atoms in total. The number of nitrogens with zero attached hydrogens (tertiary/aromatic N) is 4. The normalized spacial score (nSPS) is 11.7. The molecular formula is C20H13F3N4O2. The van der Waals surface area contributed by atoms with Crippen molar-refractivity contribution < 1.29 is 22.8 Å². The van der Waals surface area contributed by atoms with E-state index in [0.29, 0.717) is 16.6 Å². The predicted molar refractivity (Wildman–Crippen MR) is 96.9 cm³/mol. The van der Waals surface area contributed by atoms with Crippen LogP contribution in [0.5, 0.6) is 5.75 Å². The lowest BCUT2D eigenvalue weighted by molar-refractivity contribution is -0.136. The number of hydrogen-bond acceptors (Lipinski definition) is 5. The molecule has 0 fully saturated rings. The van der Waals surface area contributed by atoms with Crippen LogP contribution in [0.25, 0.3) is 22.4 Å². The Morgan fingerprint density at radius 2 is 2.00 bits per heavy atom. The topological polar surface area (TPSA) is 87.9 Å². The number of phenols is 1. The molecule has 0 aliphatic rings. The first-order chi connectivity index (χ1) is 13.8. The Morgan fingerprint density at radius 1 is 1.21 bits per heavy atom. The maximum atomic E-state index is 13.4. The standard InChI is InChI=1S/C20H13F3N4O2/c1-11-2-3-12(8-16(11)28)19-25-17(26-29-19)10-27-7-6-14-15(27)5-4-13(9-24)18(14)20(21,22)23/h2-8,28H,10H2,1H3. The van der Waals surface area contributed by atoms with Gasteiger partial charge in [0, 0.05) is 22.7 Å². The maximum absolute atomic E-state index is 13.4. The number of aryl methyl sites for hydroxylation is 1. The number of hydrogen-bond donors (Lipinski definition) is 1. The van der Waals surface area contributed by atoms with Crippen LogP contribution in [0.1, 0.15) is 22.5 Å². The van der Waals surface area contributed by atoms with E-state index in [-0.39, 0.29) is 29.4 Å². The Morgan fingerprint density at radius 3 is 2.69 bits per heavy atom. The number of rotatable bonds is 3. The molecule has 4 rings (SSSR count). The summed E-state index contributed by atoms with van der Waals surface area (Å²) in [7, 11) is 0. The Kier molecular flexibility index (Phi) is 4.27. The summed E-state index contributed by atoms with van der Waals surface area (Å²) in [5.74, 6) is 0.539. The summed E-state index contributed by atoms with van der Waals surface area (Å²) in [5.41, 5.74) is 0.145. The molecule has 0 aliphatic heterocycles. The first kappa shape index (κ1) is 18.6. The molecule has 0 radical (unpaired) electrons. The van der Waals surface area contributed by atoms with Gasteiger partial charge in [-0.1, -0.05) is 11.2 Å². The van der Waals surface area contributed by atoms with Crippen LogP contribution >= 0.6 is 0 Å². The zero-order valence-corrected chi connectivity index (χ0v) is 15.0. The van der Waals surface area contributed by atoms with Crippen LogP contribution in [0.2, 0.25) is 0 Å². The monoisotopic (exact) mass is 398 g/mol. The molecule has 146 valence electrons. The van der Waals surface area contributed by atoms with E-state index in [9.17, 15) is 18.3 Å². The molecule has 0 spiro atoms. The molecule has 29 heavy (non-hydrogen) atoms. The minimum absolute atomic E-state index is 0.0660. The summed E-state index contributed by atoms with van der Waals surface area (Å²) < 4.78 is 47.1. The molecule has 0 atom stereocenters. The first-order valence-corrected chi connectivity index (χ1v) is 8.49. The van der Waals surface area contributed by atoms with Crippen molar-refractivity contribution in [3.8, 4) is 23.3 Å². The van der Waals surface area contributed by atoms with Crippen molar-refractivity contribution in [1.29, 1.82) is 5.26 Å². The van der Waals surface area contributed by atoms with Crippen molar-refractivity contribution >= 4 is 10.9 Å². The van der Waals surface area contributed by atoms with E-state index in [4.69, 9.17) is 9.78 Å². The zero-order valence-electron chi connectivity index (χ0n) is 15.0. The Hall–Kier alpha value is -3.80. The lowest BCUT2D eigenvalue weighted by atomic mass is 10.0. The van der Waals surface area contributed by atoms with Crippen LogP contribution in [0.3, 0.4) is 0 Å². The average Bonchev–Trinajstić information content (AvgIpc) is 3.30. The smallest absolute Gasteiger partial charge is 0.418 e. The van der Waals surface area contributed by atoms with Crippen LogP contribution in [0, 0.1) is 18.3 Å². The Bertz CT molecular complexity index is 1270. The Balaban J connectivity index is 1.70. The number of halogens is 3. The summed E-state index contributed by atoms with van der Waals surface area (Å²) in [6.07, 6.45) is -3.17. The summed E-state index contributed by atoms with van der Waals surface area (Å²) in [6, 6.07) is 10.4. The van der Waals surface area contributed by atoms with Gasteiger partial charge in [0.1, 0.15) is 5.75 Å². The summed E-state index contributed by atoms with van der Waals surface area (Å²) in [6.45, 7) is 1.83. The number of alkyl halides is 3. The zero-order chi connectivity index (χ0) is 20.8. The van der Waals surface area contributed by atoms with Crippen molar-refractivity contribution in [1.82, 2.24) is 14.7 Å². The van der Waals surface area contributed by atoms with Crippen molar-refractivity contribution in [3.63, 3.8) is 0 Å². The minimum atomic E-state index is -4.65. The number of aromatic nitrogens is 3. The number of aromatic hydroxyl groups is 1. The molecule has 2 aromatic carbocycles. The molecule has 2 aromatic heterocycles. The molecule has 9 heteroatoms. The van der Waals surface area contributed by atoms with Gasteiger partial charge in [-0.25, -0.2) is 0 Å². The molecule has 0 unspecified atom stereocenters. The minimum Gasteiger partial charge on any atom is -0.508 e. The van der Waals surface area contributed by atoms with Gasteiger partial charge >= 0.3 is 6.18 Å². The largest absolute Gasteiger partial charge is 0.508 e. The van der Waals surface area contributed by atoms with Gasteiger partial charge in [0.05, 0.1) is 23.7 Å².